The minimum absolute atomic E-state index is 0.352. The molecule has 0 spiro atoms. The van der Waals surface area contributed by atoms with E-state index in [0.29, 0.717) is 12.1 Å². The number of nitrogens with two attached hydrogens (primary N) is 1. The summed E-state index contributed by atoms with van der Waals surface area (Å²) in [5.74, 6) is 0. The Morgan fingerprint density at radius 3 is 2.75 bits per heavy atom. The SMILES string of the molecule is Cc1cc(N)c(CC=O)c(C)n1. The van der Waals surface area contributed by atoms with Crippen LogP contribution in [-0.2, 0) is 11.2 Å². The molecule has 0 saturated heterocycles. The number of rotatable bonds is 2. The lowest BCUT2D eigenvalue weighted by molar-refractivity contribution is -0.107. The summed E-state index contributed by atoms with van der Waals surface area (Å²) in [6, 6.07) is 1.78. The van der Waals surface area contributed by atoms with Gasteiger partial charge in [-0.05, 0) is 19.9 Å². The van der Waals surface area contributed by atoms with Crippen molar-refractivity contribution in [3.8, 4) is 0 Å². The smallest absolute Gasteiger partial charge is 0.124 e. The number of carbonyl (C=O) groups excluding carboxylic acids is 1. The Morgan fingerprint density at radius 2 is 2.25 bits per heavy atom. The number of hydrogen-bond acceptors (Lipinski definition) is 3. The highest BCUT2D eigenvalue weighted by Crippen LogP contribution is 2.15. The van der Waals surface area contributed by atoms with E-state index < -0.39 is 0 Å². The minimum atomic E-state index is 0.352. The summed E-state index contributed by atoms with van der Waals surface area (Å²) in [6.07, 6.45) is 1.20. The van der Waals surface area contributed by atoms with Crippen LogP contribution >= 0.6 is 0 Å². The minimum Gasteiger partial charge on any atom is -0.398 e. The fourth-order valence-corrected chi connectivity index (χ4v) is 1.23. The van der Waals surface area contributed by atoms with Crippen LogP contribution in [0.3, 0.4) is 0 Å². The molecular formula is C9H12N2O. The van der Waals surface area contributed by atoms with Crippen molar-refractivity contribution in [2.45, 2.75) is 20.3 Å². The molecule has 2 N–H and O–H groups in total. The van der Waals surface area contributed by atoms with E-state index in [1.54, 1.807) is 6.07 Å². The van der Waals surface area contributed by atoms with Crippen LogP contribution in [0.4, 0.5) is 5.69 Å². The highest BCUT2D eigenvalue weighted by Gasteiger charge is 2.04. The normalized spacial score (nSPS) is 9.83. The van der Waals surface area contributed by atoms with Crippen molar-refractivity contribution in [3.05, 3.63) is 23.0 Å². The van der Waals surface area contributed by atoms with Gasteiger partial charge in [-0.2, -0.15) is 0 Å². The number of carbonyl (C=O) groups is 1. The van der Waals surface area contributed by atoms with Crippen LogP contribution in [-0.4, -0.2) is 11.3 Å². The summed E-state index contributed by atoms with van der Waals surface area (Å²) in [5, 5.41) is 0. The van der Waals surface area contributed by atoms with Gasteiger partial charge in [0.05, 0.1) is 0 Å². The van der Waals surface area contributed by atoms with Crippen LogP contribution in [0.5, 0.6) is 0 Å². The van der Waals surface area contributed by atoms with E-state index in [-0.39, 0.29) is 0 Å². The third kappa shape index (κ3) is 1.61. The third-order valence-corrected chi connectivity index (χ3v) is 1.78. The number of hydrogen-bond donors (Lipinski definition) is 1. The Labute approximate surface area is 71.6 Å². The first-order valence-corrected chi connectivity index (χ1v) is 3.81. The van der Waals surface area contributed by atoms with Crippen molar-refractivity contribution in [1.82, 2.24) is 4.98 Å². The Hall–Kier alpha value is -1.38. The third-order valence-electron chi connectivity index (χ3n) is 1.78. The van der Waals surface area contributed by atoms with E-state index in [9.17, 15) is 4.79 Å². The molecule has 64 valence electrons. The predicted octanol–water partition coefficient (Wildman–Crippen LogP) is 1.02. The van der Waals surface area contributed by atoms with E-state index in [2.05, 4.69) is 4.98 Å². The lowest BCUT2D eigenvalue weighted by Gasteiger charge is -2.06. The molecule has 0 saturated carbocycles. The molecule has 0 aliphatic carbocycles. The molecule has 0 radical (unpaired) electrons. The van der Waals surface area contributed by atoms with Gasteiger partial charge in [-0.3, -0.25) is 4.98 Å². The molecule has 0 aliphatic heterocycles. The Bertz CT molecular complexity index is 284. The van der Waals surface area contributed by atoms with Crippen LogP contribution in [0.25, 0.3) is 0 Å². The summed E-state index contributed by atoms with van der Waals surface area (Å²) in [6.45, 7) is 3.75. The van der Waals surface area contributed by atoms with Crippen LogP contribution in [0.2, 0.25) is 0 Å². The molecule has 1 aromatic heterocycles. The number of aryl methyl sites for hydroxylation is 2. The van der Waals surface area contributed by atoms with Gasteiger partial charge < -0.3 is 10.5 Å². The number of aromatic nitrogens is 1. The standard InChI is InChI=1S/C9H12N2O/c1-6-5-9(10)8(3-4-12)7(2)11-6/h4-5H,3H2,1-2H3,(H2,10,11). The largest absolute Gasteiger partial charge is 0.398 e. The number of nitrogen functional groups attached to an aromatic ring is 1. The molecule has 1 rings (SSSR count). The van der Waals surface area contributed by atoms with E-state index in [0.717, 1.165) is 23.2 Å². The van der Waals surface area contributed by atoms with Crippen LogP contribution < -0.4 is 5.73 Å². The number of anilines is 1. The Balaban J connectivity index is 3.18. The second-order valence-electron chi connectivity index (χ2n) is 2.79. The van der Waals surface area contributed by atoms with Gasteiger partial charge in [0, 0.05) is 29.1 Å². The fraction of sp³-hybridized carbons (Fsp3) is 0.333. The highest BCUT2D eigenvalue weighted by atomic mass is 16.1. The maximum atomic E-state index is 10.3. The average Bonchev–Trinajstić information content (AvgIpc) is 1.96. The molecule has 0 aliphatic rings. The Kier molecular flexibility index (Phi) is 2.43. The van der Waals surface area contributed by atoms with Crippen molar-refractivity contribution in [2.24, 2.45) is 0 Å². The van der Waals surface area contributed by atoms with Gasteiger partial charge in [-0.25, -0.2) is 0 Å². The van der Waals surface area contributed by atoms with Gasteiger partial charge in [-0.1, -0.05) is 0 Å². The van der Waals surface area contributed by atoms with Gasteiger partial charge >= 0.3 is 0 Å². The van der Waals surface area contributed by atoms with Gasteiger partial charge in [0.15, 0.2) is 0 Å². The molecular weight excluding hydrogens is 152 g/mol. The molecule has 12 heavy (non-hydrogen) atoms. The van der Waals surface area contributed by atoms with E-state index in [4.69, 9.17) is 5.73 Å². The summed E-state index contributed by atoms with van der Waals surface area (Å²) in [7, 11) is 0. The lowest BCUT2D eigenvalue weighted by atomic mass is 10.1. The molecule has 0 unspecified atom stereocenters. The fourth-order valence-electron chi connectivity index (χ4n) is 1.23. The van der Waals surface area contributed by atoms with E-state index in [1.807, 2.05) is 13.8 Å². The molecule has 0 amide bonds. The van der Waals surface area contributed by atoms with Crippen molar-refractivity contribution >= 4 is 12.0 Å². The first kappa shape index (κ1) is 8.71. The van der Waals surface area contributed by atoms with Crippen molar-refractivity contribution in [3.63, 3.8) is 0 Å². The van der Waals surface area contributed by atoms with Crippen LogP contribution in [0, 0.1) is 13.8 Å². The molecule has 0 fully saturated rings. The summed E-state index contributed by atoms with van der Waals surface area (Å²) in [4.78, 5) is 14.5. The van der Waals surface area contributed by atoms with Crippen molar-refractivity contribution < 1.29 is 4.79 Å². The van der Waals surface area contributed by atoms with Gasteiger partial charge in [0.2, 0.25) is 0 Å². The number of pyridine rings is 1. The first-order chi connectivity index (χ1) is 5.65. The molecule has 3 heteroatoms. The number of aldehydes is 1. The van der Waals surface area contributed by atoms with Crippen molar-refractivity contribution in [2.75, 3.05) is 5.73 Å². The highest BCUT2D eigenvalue weighted by molar-refractivity contribution is 5.62. The quantitative estimate of drug-likeness (QED) is 0.664. The summed E-state index contributed by atoms with van der Waals surface area (Å²) < 4.78 is 0. The molecule has 0 bridgehead atoms. The molecule has 1 heterocycles. The topological polar surface area (TPSA) is 56.0 Å². The Morgan fingerprint density at radius 1 is 1.58 bits per heavy atom. The van der Waals surface area contributed by atoms with Crippen LogP contribution in [0.15, 0.2) is 6.07 Å². The zero-order chi connectivity index (χ0) is 9.14. The van der Waals surface area contributed by atoms with Crippen molar-refractivity contribution in [1.29, 1.82) is 0 Å². The molecule has 0 aromatic carbocycles. The molecule has 3 nitrogen and oxygen atoms in total. The molecule has 1 aromatic rings. The second kappa shape index (κ2) is 3.34. The zero-order valence-electron chi connectivity index (χ0n) is 7.29. The predicted molar refractivity (Wildman–Crippen MR) is 47.9 cm³/mol. The van der Waals surface area contributed by atoms with E-state index >= 15 is 0 Å². The summed E-state index contributed by atoms with van der Waals surface area (Å²) >= 11 is 0. The second-order valence-corrected chi connectivity index (χ2v) is 2.79. The van der Waals surface area contributed by atoms with Gasteiger partial charge in [0.25, 0.3) is 0 Å². The zero-order valence-corrected chi connectivity index (χ0v) is 7.29. The maximum Gasteiger partial charge on any atom is 0.124 e. The summed E-state index contributed by atoms with van der Waals surface area (Å²) in [5.41, 5.74) is 8.95. The lowest BCUT2D eigenvalue weighted by Crippen LogP contribution is -2.02. The van der Waals surface area contributed by atoms with Crippen LogP contribution in [0.1, 0.15) is 17.0 Å². The monoisotopic (exact) mass is 164 g/mol. The van der Waals surface area contributed by atoms with Gasteiger partial charge in [0.1, 0.15) is 6.29 Å². The maximum absolute atomic E-state index is 10.3. The van der Waals surface area contributed by atoms with Gasteiger partial charge in [-0.15, -0.1) is 0 Å². The van der Waals surface area contributed by atoms with E-state index in [1.165, 1.54) is 0 Å². The average molecular weight is 164 g/mol. The number of nitrogens with zero attached hydrogens (tertiary/aromatic N) is 1. The molecule has 0 atom stereocenters. The first-order valence-electron chi connectivity index (χ1n) is 3.81.